The predicted molar refractivity (Wildman–Crippen MR) is 73.4 cm³/mol. The van der Waals surface area contributed by atoms with Gasteiger partial charge in [0.2, 0.25) is 10.0 Å². The Bertz CT molecular complexity index is 704. The maximum atomic E-state index is 11.6. The summed E-state index contributed by atoms with van der Waals surface area (Å²) >= 11 is 0. The van der Waals surface area contributed by atoms with Crippen LogP contribution in [0.5, 0.6) is 0 Å². The molecule has 2 rings (SSSR count). The van der Waals surface area contributed by atoms with Crippen molar-refractivity contribution in [1.29, 1.82) is 0 Å². The van der Waals surface area contributed by atoms with Gasteiger partial charge in [0.05, 0.1) is 11.4 Å². The number of anilines is 1. The number of benzene rings is 1. The number of sulfonamides is 1. The Labute approximate surface area is 112 Å². The standard InChI is InChI=1S/C12H16N4O2S/c1-8(2)10-5-6-16(15-10)11-4-3-9(13)7-12(11)19(14,17)18/h3-8H,13H2,1-2H3,(H2,14,17,18). The molecule has 4 N–H and O–H groups in total. The lowest BCUT2D eigenvalue weighted by Gasteiger charge is -2.09. The fraction of sp³-hybridized carbons (Fsp3) is 0.250. The largest absolute Gasteiger partial charge is 0.399 e. The molecule has 102 valence electrons. The minimum atomic E-state index is -3.86. The monoisotopic (exact) mass is 280 g/mol. The zero-order valence-electron chi connectivity index (χ0n) is 10.7. The summed E-state index contributed by atoms with van der Waals surface area (Å²) in [4.78, 5) is -0.0362. The van der Waals surface area contributed by atoms with E-state index in [4.69, 9.17) is 10.9 Å². The van der Waals surface area contributed by atoms with Crippen molar-refractivity contribution in [2.24, 2.45) is 5.14 Å². The van der Waals surface area contributed by atoms with E-state index in [1.54, 1.807) is 18.3 Å². The minimum absolute atomic E-state index is 0.0362. The van der Waals surface area contributed by atoms with Gasteiger partial charge in [-0.15, -0.1) is 0 Å². The van der Waals surface area contributed by atoms with Crippen LogP contribution in [0.2, 0.25) is 0 Å². The molecule has 0 saturated carbocycles. The van der Waals surface area contributed by atoms with Gasteiger partial charge in [-0.2, -0.15) is 5.10 Å². The molecule has 0 fully saturated rings. The molecule has 0 bridgehead atoms. The Morgan fingerprint density at radius 1 is 1.26 bits per heavy atom. The second-order valence-corrected chi connectivity index (χ2v) is 6.14. The van der Waals surface area contributed by atoms with Crippen LogP contribution in [-0.2, 0) is 10.0 Å². The minimum Gasteiger partial charge on any atom is -0.399 e. The Morgan fingerprint density at radius 2 is 1.95 bits per heavy atom. The molecule has 1 heterocycles. The van der Waals surface area contributed by atoms with Gasteiger partial charge in [-0.25, -0.2) is 18.2 Å². The molecule has 0 saturated heterocycles. The zero-order chi connectivity index (χ0) is 14.2. The van der Waals surface area contributed by atoms with Crippen LogP contribution in [0.1, 0.15) is 25.5 Å². The first-order valence-corrected chi connectivity index (χ1v) is 7.32. The molecule has 0 radical (unpaired) electrons. The Kier molecular flexibility index (Phi) is 3.34. The average Bonchev–Trinajstić information content (AvgIpc) is 2.77. The number of aromatic nitrogens is 2. The van der Waals surface area contributed by atoms with Gasteiger partial charge in [-0.3, -0.25) is 0 Å². The molecule has 0 aliphatic rings. The van der Waals surface area contributed by atoms with Crippen LogP contribution in [0.15, 0.2) is 35.4 Å². The summed E-state index contributed by atoms with van der Waals surface area (Å²) in [5.74, 6) is 0.257. The summed E-state index contributed by atoms with van der Waals surface area (Å²) in [5.41, 5.74) is 7.21. The molecule has 1 aromatic heterocycles. The quantitative estimate of drug-likeness (QED) is 0.825. The van der Waals surface area contributed by atoms with Crippen molar-refractivity contribution in [2.75, 3.05) is 5.73 Å². The number of hydrogen-bond donors (Lipinski definition) is 2. The smallest absolute Gasteiger partial charge is 0.240 e. The summed E-state index contributed by atoms with van der Waals surface area (Å²) in [6.45, 7) is 4.02. The van der Waals surface area contributed by atoms with Crippen molar-refractivity contribution >= 4 is 15.7 Å². The number of hydrogen-bond acceptors (Lipinski definition) is 4. The third kappa shape index (κ3) is 2.77. The first kappa shape index (κ1) is 13.6. The van der Waals surface area contributed by atoms with Crippen LogP contribution >= 0.6 is 0 Å². The molecular formula is C12H16N4O2S. The maximum Gasteiger partial charge on any atom is 0.240 e. The Morgan fingerprint density at radius 3 is 2.47 bits per heavy atom. The molecule has 19 heavy (non-hydrogen) atoms. The van der Waals surface area contributed by atoms with Gasteiger partial charge >= 0.3 is 0 Å². The zero-order valence-corrected chi connectivity index (χ0v) is 11.6. The molecular weight excluding hydrogens is 264 g/mol. The van der Waals surface area contributed by atoms with E-state index in [9.17, 15) is 8.42 Å². The van der Waals surface area contributed by atoms with Gasteiger partial charge in [0, 0.05) is 11.9 Å². The summed E-state index contributed by atoms with van der Waals surface area (Å²) in [6.07, 6.45) is 1.70. The summed E-state index contributed by atoms with van der Waals surface area (Å²) in [5, 5.41) is 9.55. The van der Waals surface area contributed by atoms with E-state index >= 15 is 0 Å². The van der Waals surface area contributed by atoms with Crippen molar-refractivity contribution in [3.63, 3.8) is 0 Å². The Balaban J connectivity index is 2.61. The highest BCUT2D eigenvalue weighted by molar-refractivity contribution is 7.89. The van der Waals surface area contributed by atoms with Crippen molar-refractivity contribution < 1.29 is 8.42 Å². The Hall–Kier alpha value is -1.86. The van der Waals surface area contributed by atoms with Crippen LogP contribution in [-0.4, -0.2) is 18.2 Å². The van der Waals surface area contributed by atoms with Gasteiger partial charge in [0.1, 0.15) is 4.90 Å². The molecule has 7 heteroatoms. The fourth-order valence-electron chi connectivity index (χ4n) is 1.73. The third-order valence-electron chi connectivity index (χ3n) is 2.74. The van der Waals surface area contributed by atoms with E-state index in [0.29, 0.717) is 11.4 Å². The van der Waals surface area contributed by atoms with Gasteiger partial charge in [0.25, 0.3) is 0 Å². The van der Waals surface area contributed by atoms with Crippen molar-refractivity contribution in [3.05, 3.63) is 36.2 Å². The first-order chi connectivity index (χ1) is 8.79. The number of nitrogens with two attached hydrogens (primary N) is 2. The van der Waals surface area contributed by atoms with Crippen LogP contribution < -0.4 is 10.9 Å². The highest BCUT2D eigenvalue weighted by Gasteiger charge is 2.17. The molecule has 0 spiro atoms. The topological polar surface area (TPSA) is 104 Å². The van der Waals surface area contributed by atoms with Crippen LogP contribution in [0.3, 0.4) is 0 Å². The van der Waals surface area contributed by atoms with E-state index in [2.05, 4.69) is 5.10 Å². The van der Waals surface area contributed by atoms with Crippen molar-refractivity contribution in [1.82, 2.24) is 9.78 Å². The normalized spacial score (nSPS) is 12.0. The third-order valence-corrected chi connectivity index (χ3v) is 3.68. The highest BCUT2D eigenvalue weighted by Crippen LogP contribution is 2.22. The van der Waals surface area contributed by atoms with Crippen molar-refractivity contribution in [3.8, 4) is 5.69 Å². The molecule has 0 aliphatic heterocycles. The SMILES string of the molecule is CC(C)c1ccn(-c2ccc(N)cc2S(N)(=O)=O)n1. The predicted octanol–water partition coefficient (Wildman–Crippen LogP) is 1.23. The van der Waals surface area contributed by atoms with Crippen LogP contribution in [0.4, 0.5) is 5.69 Å². The molecule has 0 atom stereocenters. The highest BCUT2D eigenvalue weighted by atomic mass is 32.2. The van der Waals surface area contributed by atoms with E-state index < -0.39 is 10.0 Å². The second-order valence-electron chi connectivity index (χ2n) is 4.61. The van der Waals surface area contributed by atoms with E-state index in [1.165, 1.54) is 10.7 Å². The van der Waals surface area contributed by atoms with E-state index in [0.717, 1.165) is 5.69 Å². The van der Waals surface area contributed by atoms with Gasteiger partial charge in [0.15, 0.2) is 0 Å². The van der Waals surface area contributed by atoms with Gasteiger partial charge < -0.3 is 5.73 Å². The first-order valence-electron chi connectivity index (χ1n) is 5.77. The molecule has 0 unspecified atom stereocenters. The van der Waals surface area contributed by atoms with E-state index in [1.807, 2.05) is 19.9 Å². The van der Waals surface area contributed by atoms with Crippen LogP contribution in [0.25, 0.3) is 5.69 Å². The maximum absolute atomic E-state index is 11.6. The van der Waals surface area contributed by atoms with Crippen molar-refractivity contribution in [2.45, 2.75) is 24.7 Å². The number of nitrogen functional groups attached to an aromatic ring is 1. The molecule has 1 aromatic carbocycles. The molecule has 6 nitrogen and oxygen atoms in total. The lowest BCUT2D eigenvalue weighted by Crippen LogP contribution is -2.16. The second kappa shape index (κ2) is 4.67. The lowest BCUT2D eigenvalue weighted by atomic mass is 10.1. The van der Waals surface area contributed by atoms with Gasteiger partial charge in [-0.05, 0) is 30.2 Å². The lowest BCUT2D eigenvalue weighted by molar-refractivity contribution is 0.596. The number of rotatable bonds is 3. The summed E-state index contributed by atoms with van der Waals surface area (Å²) < 4.78 is 24.7. The summed E-state index contributed by atoms with van der Waals surface area (Å²) in [6, 6.07) is 6.38. The molecule has 0 amide bonds. The number of nitrogens with zero attached hydrogens (tertiary/aromatic N) is 2. The summed E-state index contributed by atoms with van der Waals surface area (Å²) in [7, 11) is -3.86. The average molecular weight is 280 g/mol. The fourth-order valence-corrected chi connectivity index (χ4v) is 2.48. The number of primary sulfonamides is 1. The van der Waals surface area contributed by atoms with Gasteiger partial charge in [-0.1, -0.05) is 13.8 Å². The van der Waals surface area contributed by atoms with E-state index in [-0.39, 0.29) is 10.8 Å². The molecule has 0 aliphatic carbocycles. The molecule has 2 aromatic rings. The van der Waals surface area contributed by atoms with Crippen LogP contribution in [0, 0.1) is 0 Å².